The fourth-order valence-electron chi connectivity index (χ4n) is 2.37. The normalized spacial score (nSPS) is 31.1. The maximum Gasteiger partial charge on any atom is 0.294 e. The van der Waals surface area contributed by atoms with Crippen LogP contribution in [0.1, 0.15) is 18.5 Å². The zero-order chi connectivity index (χ0) is 13.6. The Morgan fingerprint density at radius 2 is 2.47 bits per heavy atom. The summed E-state index contributed by atoms with van der Waals surface area (Å²) >= 11 is 0. The molecule has 0 radical (unpaired) electrons. The summed E-state index contributed by atoms with van der Waals surface area (Å²) in [6.45, 7) is 1.59. The molecule has 0 bridgehead atoms. The van der Waals surface area contributed by atoms with E-state index < -0.39 is 11.7 Å². The predicted molar refractivity (Wildman–Crippen MR) is 63.8 cm³/mol. The van der Waals surface area contributed by atoms with Gasteiger partial charge in [-0.05, 0) is 6.92 Å². The smallest absolute Gasteiger partial charge is 0.294 e. The average Bonchev–Trinajstić information content (AvgIpc) is 2.95. The van der Waals surface area contributed by atoms with E-state index in [0.717, 1.165) is 0 Å². The van der Waals surface area contributed by atoms with E-state index in [-0.39, 0.29) is 30.3 Å². The molecule has 1 saturated heterocycles. The molecule has 0 aromatic carbocycles. The largest absolute Gasteiger partial charge is 0.393 e. The predicted octanol–water partition coefficient (Wildman–Crippen LogP) is -1.36. The van der Waals surface area contributed by atoms with Gasteiger partial charge in [-0.3, -0.25) is 4.79 Å². The number of hydrogen-bond donors (Lipinski definition) is 3. The van der Waals surface area contributed by atoms with E-state index in [0.29, 0.717) is 5.69 Å². The lowest BCUT2D eigenvalue weighted by molar-refractivity contribution is -0.0773. The van der Waals surface area contributed by atoms with Gasteiger partial charge < -0.3 is 19.9 Å². The van der Waals surface area contributed by atoms with E-state index in [1.807, 2.05) is 0 Å². The van der Waals surface area contributed by atoms with Crippen LogP contribution in [0.25, 0.3) is 5.65 Å². The first-order chi connectivity index (χ1) is 9.07. The third kappa shape index (κ3) is 1.68. The Morgan fingerprint density at radius 3 is 3.16 bits per heavy atom. The molecule has 0 amide bonds. The Bertz CT molecular complexity index is 666. The van der Waals surface area contributed by atoms with E-state index in [9.17, 15) is 15.0 Å². The zero-order valence-corrected chi connectivity index (χ0v) is 10.3. The molecule has 3 heterocycles. The van der Waals surface area contributed by atoms with Gasteiger partial charge in [0.2, 0.25) is 5.65 Å². The minimum Gasteiger partial charge on any atom is -0.393 e. The van der Waals surface area contributed by atoms with Gasteiger partial charge in [-0.25, -0.2) is 9.50 Å². The summed E-state index contributed by atoms with van der Waals surface area (Å²) in [5.74, 6) is -0.388. The van der Waals surface area contributed by atoms with E-state index in [1.54, 1.807) is 6.92 Å². The molecule has 3 unspecified atom stereocenters. The molecule has 1 aliphatic heterocycles. The van der Waals surface area contributed by atoms with Crippen molar-refractivity contribution in [3.05, 3.63) is 28.6 Å². The van der Waals surface area contributed by atoms with Gasteiger partial charge in [-0.15, -0.1) is 0 Å². The number of ether oxygens (including phenoxy) is 1. The van der Waals surface area contributed by atoms with Crippen molar-refractivity contribution in [1.82, 2.24) is 19.6 Å². The number of hydrogen-bond acceptors (Lipinski definition) is 6. The summed E-state index contributed by atoms with van der Waals surface area (Å²) in [5.41, 5.74) is -0.594. The number of nitrogens with one attached hydrogen (secondary N) is 1. The van der Waals surface area contributed by atoms with Crippen LogP contribution < -0.4 is 5.56 Å². The second kappa shape index (κ2) is 4.12. The van der Waals surface area contributed by atoms with Crippen molar-refractivity contribution < 1.29 is 14.9 Å². The van der Waals surface area contributed by atoms with Gasteiger partial charge in [0.15, 0.2) is 0 Å². The first-order valence-corrected chi connectivity index (χ1v) is 5.91. The molecule has 19 heavy (non-hydrogen) atoms. The number of aromatic nitrogens is 4. The summed E-state index contributed by atoms with van der Waals surface area (Å²) in [6.07, 6.45) is 1.88. The van der Waals surface area contributed by atoms with Crippen molar-refractivity contribution in [3.63, 3.8) is 0 Å². The number of aliphatic hydroxyl groups is 2. The number of imidazole rings is 1. The van der Waals surface area contributed by atoms with Crippen molar-refractivity contribution in [2.75, 3.05) is 13.2 Å². The van der Waals surface area contributed by atoms with Crippen molar-refractivity contribution in [2.45, 2.75) is 24.5 Å². The van der Waals surface area contributed by atoms with Gasteiger partial charge in [0.05, 0.1) is 37.1 Å². The van der Waals surface area contributed by atoms with Gasteiger partial charge in [-0.1, -0.05) is 0 Å². The minimum atomic E-state index is -1.00. The van der Waals surface area contributed by atoms with Crippen LogP contribution in [-0.4, -0.2) is 54.7 Å². The number of rotatable bonds is 2. The first kappa shape index (κ1) is 12.3. The van der Waals surface area contributed by atoms with Crippen molar-refractivity contribution in [1.29, 1.82) is 0 Å². The standard InChI is InChI=1S/C11H14N4O4/c1-11(4-16)8(17)6(3-19-11)7-2-12-9-10(18)13-5-14-15(7)9/h2,5-6,8,16-17H,3-4H2,1H3,(H,13,14,18). The molecule has 0 aliphatic carbocycles. The minimum absolute atomic E-state index is 0.169. The van der Waals surface area contributed by atoms with Crippen molar-refractivity contribution >= 4 is 5.65 Å². The van der Waals surface area contributed by atoms with Gasteiger partial charge in [0, 0.05) is 0 Å². The van der Waals surface area contributed by atoms with E-state index in [1.165, 1.54) is 17.0 Å². The molecule has 0 saturated carbocycles. The fourth-order valence-corrected chi connectivity index (χ4v) is 2.37. The Kier molecular flexibility index (Phi) is 2.66. The highest BCUT2D eigenvalue weighted by molar-refractivity contribution is 5.37. The average molecular weight is 266 g/mol. The van der Waals surface area contributed by atoms with Crippen LogP contribution in [0.15, 0.2) is 17.3 Å². The first-order valence-electron chi connectivity index (χ1n) is 5.91. The Morgan fingerprint density at radius 1 is 1.68 bits per heavy atom. The van der Waals surface area contributed by atoms with Crippen LogP contribution >= 0.6 is 0 Å². The second-order valence-electron chi connectivity index (χ2n) is 4.87. The van der Waals surface area contributed by atoms with Crippen molar-refractivity contribution in [3.8, 4) is 0 Å². The Labute approximate surface area is 107 Å². The summed E-state index contributed by atoms with van der Waals surface area (Å²) in [5, 5.41) is 23.6. The number of aromatic amines is 1. The van der Waals surface area contributed by atoms with Gasteiger partial charge in [0.25, 0.3) is 5.56 Å². The molecular formula is C11H14N4O4. The van der Waals surface area contributed by atoms with Crippen LogP contribution in [0.5, 0.6) is 0 Å². The lowest BCUT2D eigenvalue weighted by Gasteiger charge is -2.25. The van der Waals surface area contributed by atoms with Gasteiger partial charge >= 0.3 is 0 Å². The van der Waals surface area contributed by atoms with Gasteiger partial charge in [-0.2, -0.15) is 5.10 Å². The van der Waals surface area contributed by atoms with Crippen LogP contribution in [-0.2, 0) is 4.74 Å². The number of fused-ring (bicyclic) bond motifs is 1. The molecule has 1 aliphatic rings. The van der Waals surface area contributed by atoms with Crippen LogP contribution in [0.4, 0.5) is 0 Å². The third-order valence-corrected chi connectivity index (χ3v) is 3.63. The highest BCUT2D eigenvalue weighted by Crippen LogP contribution is 2.36. The molecular weight excluding hydrogens is 252 g/mol. The maximum absolute atomic E-state index is 11.6. The van der Waals surface area contributed by atoms with Crippen LogP contribution in [0, 0.1) is 0 Å². The molecule has 8 heteroatoms. The molecule has 3 N–H and O–H groups in total. The lowest BCUT2D eigenvalue weighted by atomic mass is 9.91. The van der Waals surface area contributed by atoms with E-state index in [2.05, 4.69) is 15.1 Å². The topological polar surface area (TPSA) is 113 Å². The highest BCUT2D eigenvalue weighted by Gasteiger charge is 2.47. The molecule has 2 aromatic rings. The van der Waals surface area contributed by atoms with Crippen LogP contribution in [0.2, 0.25) is 0 Å². The molecule has 3 rings (SSSR count). The molecule has 0 spiro atoms. The SMILES string of the molecule is CC1(CO)OCC(c2cnc3c(=O)[nH]cnn23)C1O. The quantitative estimate of drug-likeness (QED) is 0.619. The van der Waals surface area contributed by atoms with Gasteiger partial charge in [0.1, 0.15) is 11.9 Å². The second-order valence-corrected chi connectivity index (χ2v) is 4.87. The Balaban J connectivity index is 2.07. The molecule has 102 valence electrons. The summed E-state index contributed by atoms with van der Waals surface area (Å²) in [7, 11) is 0. The Hall–Kier alpha value is -1.77. The monoisotopic (exact) mass is 266 g/mol. The van der Waals surface area contributed by atoms with E-state index >= 15 is 0 Å². The third-order valence-electron chi connectivity index (χ3n) is 3.63. The summed E-state index contributed by atoms with van der Waals surface area (Å²) in [6, 6.07) is 0. The lowest BCUT2D eigenvalue weighted by Crippen LogP contribution is -2.41. The molecule has 3 atom stereocenters. The molecule has 1 fully saturated rings. The summed E-state index contributed by atoms with van der Waals surface area (Å²) in [4.78, 5) is 18.0. The number of nitrogens with zero attached hydrogens (tertiary/aromatic N) is 3. The zero-order valence-electron chi connectivity index (χ0n) is 10.3. The number of H-pyrrole nitrogens is 1. The number of aliphatic hydroxyl groups excluding tert-OH is 2. The van der Waals surface area contributed by atoms with Crippen LogP contribution in [0.3, 0.4) is 0 Å². The molecule has 2 aromatic heterocycles. The highest BCUT2D eigenvalue weighted by atomic mass is 16.5. The van der Waals surface area contributed by atoms with Crippen molar-refractivity contribution in [2.24, 2.45) is 0 Å². The van der Waals surface area contributed by atoms with E-state index in [4.69, 9.17) is 4.74 Å². The fraction of sp³-hybridized carbons (Fsp3) is 0.545. The summed E-state index contributed by atoms with van der Waals surface area (Å²) < 4.78 is 6.85. The maximum atomic E-state index is 11.6. The molecule has 8 nitrogen and oxygen atoms in total.